The van der Waals surface area contributed by atoms with Crippen molar-refractivity contribution in [2.45, 2.75) is 39.5 Å². The molecule has 0 bridgehead atoms. The third kappa shape index (κ3) is 5.56. The van der Waals surface area contributed by atoms with Crippen LogP contribution in [-0.2, 0) is 21.4 Å². The van der Waals surface area contributed by atoms with Gasteiger partial charge >= 0.3 is 5.97 Å². The Balaban J connectivity index is 1.73. The van der Waals surface area contributed by atoms with Crippen LogP contribution in [0.3, 0.4) is 0 Å². The van der Waals surface area contributed by atoms with Gasteiger partial charge < -0.3 is 10.4 Å². The summed E-state index contributed by atoms with van der Waals surface area (Å²) in [6.07, 6.45) is 0.796. The van der Waals surface area contributed by atoms with E-state index in [0.717, 1.165) is 6.42 Å². The van der Waals surface area contributed by atoms with Crippen LogP contribution in [0.5, 0.6) is 0 Å². The van der Waals surface area contributed by atoms with E-state index in [0.29, 0.717) is 19.6 Å². The van der Waals surface area contributed by atoms with E-state index in [2.05, 4.69) is 50.4 Å². The molecule has 25 heavy (non-hydrogen) atoms. The van der Waals surface area contributed by atoms with Crippen LogP contribution in [0, 0.1) is 11.8 Å². The molecule has 1 amide bonds. The summed E-state index contributed by atoms with van der Waals surface area (Å²) >= 11 is 0. The van der Waals surface area contributed by atoms with Crippen LogP contribution in [-0.4, -0.2) is 48.1 Å². The van der Waals surface area contributed by atoms with Gasteiger partial charge in [-0.15, -0.1) is 0 Å². The molecule has 1 heterocycles. The summed E-state index contributed by atoms with van der Waals surface area (Å²) in [6, 6.07) is 8.53. The average molecular weight is 346 g/mol. The molecule has 1 aromatic carbocycles. The Morgan fingerprint density at radius 3 is 2.36 bits per heavy atom. The molecular formula is C20H30N2O3. The molecule has 0 aliphatic carbocycles. The zero-order chi connectivity index (χ0) is 18.6. The SMILES string of the molecule is C[C@@H]1CN(CC(=O)NCCc2ccc(C(C)(C)C)cc2)C[C@H]1C(=O)O. The predicted octanol–water partition coefficient (Wildman–Crippen LogP) is 2.30. The Labute approximate surface area is 150 Å². The number of carboxylic acid groups (broad SMARTS) is 1. The van der Waals surface area contributed by atoms with Gasteiger partial charge in [0.05, 0.1) is 12.5 Å². The molecule has 2 atom stereocenters. The van der Waals surface area contributed by atoms with E-state index in [1.807, 2.05) is 11.8 Å². The van der Waals surface area contributed by atoms with Crippen molar-refractivity contribution in [1.29, 1.82) is 0 Å². The Kier molecular flexibility index (Phi) is 6.22. The molecule has 1 saturated heterocycles. The molecule has 0 unspecified atom stereocenters. The number of hydrogen-bond acceptors (Lipinski definition) is 3. The third-order valence-corrected chi connectivity index (χ3v) is 4.93. The molecule has 0 saturated carbocycles. The van der Waals surface area contributed by atoms with Crippen molar-refractivity contribution >= 4 is 11.9 Å². The van der Waals surface area contributed by atoms with Crippen molar-refractivity contribution in [3.05, 3.63) is 35.4 Å². The minimum Gasteiger partial charge on any atom is -0.481 e. The summed E-state index contributed by atoms with van der Waals surface area (Å²) in [5.74, 6) is -1.08. The molecule has 138 valence electrons. The summed E-state index contributed by atoms with van der Waals surface area (Å²) in [5.41, 5.74) is 2.65. The Morgan fingerprint density at radius 1 is 1.20 bits per heavy atom. The van der Waals surface area contributed by atoms with Gasteiger partial charge in [0.25, 0.3) is 0 Å². The first-order valence-electron chi connectivity index (χ1n) is 8.98. The predicted molar refractivity (Wildman–Crippen MR) is 98.6 cm³/mol. The molecule has 0 radical (unpaired) electrons. The largest absolute Gasteiger partial charge is 0.481 e. The summed E-state index contributed by atoms with van der Waals surface area (Å²) in [5, 5.41) is 12.1. The molecular weight excluding hydrogens is 316 g/mol. The standard InChI is InChI=1S/C20H30N2O3/c1-14-11-22(12-17(14)19(24)25)13-18(23)21-10-9-15-5-7-16(8-6-15)20(2,3)4/h5-8,14,17H,9-13H2,1-4H3,(H,21,23)(H,24,25)/t14-,17-/m1/s1. The van der Waals surface area contributed by atoms with Crippen molar-refractivity contribution in [2.75, 3.05) is 26.2 Å². The number of carbonyl (C=O) groups excluding carboxylic acids is 1. The normalized spacial score (nSPS) is 21.3. The average Bonchev–Trinajstić information content (AvgIpc) is 2.87. The quantitative estimate of drug-likeness (QED) is 0.829. The second-order valence-electron chi connectivity index (χ2n) is 8.16. The van der Waals surface area contributed by atoms with Gasteiger partial charge in [0.1, 0.15) is 0 Å². The zero-order valence-electron chi connectivity index (χ0n) is 15.7. The van der Waals surface area contributed by atoms with E-state index in [-0.39, 0.29) is 29.7 Å². The van der Waals surface area contributed by atoms with Crippen molar-refractivity contribution in [1.82, 2.24) is 10.2 Å². The summed E-state index contributed by atoms with van der Waals surface area (Å²) < 4.78 is 0. The second kappa shape index (κ2) is 8.00. The van der Waals surface area contributed by atoms with Gasteiger partial charge in [-0.3, -0.25) is 14.5 Å². The first-order chi connectivity index (χ1) is 11.7. The highest BCUT2D eigenvalue weighted by Gasteiger charge is 2.35. The van der Waals surface area contributed by atoms with Crippen LogP contribution < -0.4 is 5.32 Å². The van der Waals surface area contributed by atoms with Crippen LogP contribution in [0.1, 0.15) is 38.8 Å². The number of nitrogens with zero attached hydrogens (tertiary/aromatic N) is 1. The van der Waals surface area contributed by atoms with Gasteiger partial charge in [0.15, 0.2) is 0 Å². The number of rotatable bonds is 6. The second-order valence-corrected chi connectivity index (χ2v) is 8.16. The molecule has 0 aromatic heterocycles. The number of carboxylic acids is 1. The van der Waals surface area contributed by atoms with E-state index in [4.69, 9.17) is 5.11 Å². The number of hydrogen-bond donors (Lipinski definition) is 2. The van der Waals surface area contributed by atoms with Gasteiger partial charge in [-0.1, -0.05) is 52.0 Å². The highest BCUT2D eigenvalue weighted by molar-refractivity contribution is 5.78. The number of likely N-dealkylation sites (tertiary alicyclic amines) is 1. The van der Waals surface area contributed by atoms with Gasteiger partial charge in [-0.2, -0.15) is 0 Å². The van der Waals surface area contributed by atoms with Gasteiger partial charge in [0, 0.05) is 19.6 Å². The summed E-state index contributed by atoms with van der Waals surface area (Å²) in [7, 11) is 0. The zero-order valence-corrected chi connectivity index (χ0v) is 15.7. The highest BCUT2D eigenvalue weighted by Crippen LogP contribution is 2.23. The number of carbonyl (C=O) groups is 2. The van der Waals surface area contributed by atoms with E-state index >= 15 is 0 Å². The van der Waals surface area contributed by atoms with Crippen LogP contribution in [0.15, 0.2) is 24.3 Å². The molecule has 1 aliphatic heterocycles. The van der Waals surface area contributed by atoms with Crippen molar-refractivity contribution < 1.29 is 14.7 Å². The molecule has 5 heteroatoms. The monoisotopic (exact) mass is 346 g/mol. The molecule has 5 nitrogen and oxygen atoms in total. The van der Waals surface area contributed by atoms with Crippen LogP contribution in [0.2, 0.25) is 0 Å². The fourth-order valence-corrected chi connectivity index (χ4v) is 3.29. The van der Waals surface area contributed by atoms with E-state index in [1.54, 1.807) is 0 Å². The minimum atomic E-state index is -0.769. The highest BCUT2D eigenvalue weighted by atomic mass is 16.4. The lowest BCUT2D eigenvalue weighted by molar-refractivity contribution is -0.142. The number of nitrogens with one attached hydrogen (secondary N) is 1. The summed E-state index contributed by atoms with van der Waals surface area (Å²) in [6.45, 7) is 10.5. The molecule has 2 N–H and O–H groups in total. The third-order valence-electron chi connectivity index (χ3n) is 4.93. The fourth-order valence-electron chi connectivity index (χ4n) is 3.29. The lowest BCUT2D eigenvalue weighted by Gasteiger charge is -2.19. The minimum absolute atomic E-state index is 0.0375. The van der Waals surface area contributed by atoms with Crippen molar-refractivity contribution in [3.63, 3.8) is 0 Å². The number of aliphatic carboxylic acids is 1. The Morgan fingerprint density at radius 2 is 1.84 bits per heavy atom. The molecule has 1 aromatic rings. The maximum atomic E-state index is 12.1. The maximum Gasteiger partial charge on any atom is 0.308 e. The lowest BCUT2D eigenvalue weighted by atomic mass is 9.86. The smallest absolute Gasteiger partial charge is 0.308 e. The van der Waals surface area contributed by atoms with Crippen molar-refractivity contribution in [2.24, 2.45) is 11.8 Å². The number of benzene rings is 1. The molecule has 0 spiro atoms. The molecule has 1 aliphatic rings. The maximum absolute atomic E-state index is 12.1. The lowest BCUT2D eigenvalue weighted by Crippen LogP contribution is -2.37. The van der Waals surface area contributed by atoms with Gasteiger partial charge in [-0.05, 0) is 28.9 Å². The Hall–Kier alpha value is -1.88. The van der Waals surface area contributed by atoms with Crippen molar-refractivity contribution in [3.8, 4) is 0 Å². The van der Waals surface area contributed by atoms with E-state index < -0.39 is 5.97 Å². The van der Waals surface area contributed by atoms with E-state index in [1.165, 1.54) is 11.1 Å². The molecule has 2 rings (SSSR count). The van der Waals surface area contributed by atoms with Gasteiger partial charge in [-0.25, -0.2) is 0 Å². The van der Waals surface area contributed by atoms with Crippen LogP contribution in [0.25, 0.3) is 0 Å². The number of amides is 1. The fraction of sp³-hybridized carbons (Fsp3) is 0.600. The van der Waals surface area contributed by atoms with E-state index in [9.17, 15) is 9.59 Å². The summed E-state index contributed by atoms with van der Waals surface area (Å²) in [4.78, 5) is 25.1. The van der Waals surface area contributed by atoms with Crippen LogP contribution in [0.4, 0.5) is 0 Å². The molecule has 1 fully saturated rings. The van der Waals surface area contributed by atoms with Gasteiger partial charge in [0.2, 0.25) is 5.91 Å². The Bertz CT molecular complexity index is 604. The first-order valence-corrected chi connectivity index (χ1v) is 8.98. The van der Waals surface area contributed by atoms with Crippen LogP contribution >= 0.6 is 0 Å². The first kappa shape index (κ1) is 19.4. The topological polar surface area (TPSA) is 69.6 Å².